The van der Waals surface area contributed by atoms with Crippen LogP contribution < -0.4 is 5.32 Å². The van der Waals surface area contributed by atoms with Crippen molar-refractivity contribution < 1.29 is 19.4 Å². The van der Waals surface area contributed by atoms with Gasteiger partial charge in [-0.25, -0.2) is 9.59 Å². The number of nitrogens with zero attached hydrogens (tertiary/aromatic N) is 1. The molecular weight excluding hydrogens is 280 g/mol. The second kappa shape index (κ2) is 9.07. The van der Waals surface area contributed by atoms with E-state index in [0.717, 1.165) is 26.1 Å². The maximum atomic E-state index is 12.0. The maximum absolute atomic E-state index is 12.0. The summed E-state index contributed by atoms with van der Waals surface area (Å²) in [6, 6.07) is -1.13. The van der Waals surface area contributed by atoms with Crippen molar-refractivity contribution in [3.8, 4) is 0 Å². The number of urea groups is 1. The molecule has 0 saturated carbocycles. The SMILES string of the molecule is CSCCC(NC(=O)N(C)CC1CCOCC1)C(=O)O. The lowest BCUT2D eigenvalue weighted by molar-refractivity contribution is -0.139. The Hall–Kier alpha value is -0.950. The van der Waals surface area contributed by atoms with E-state index in [1.165, 1.54) is 0 Å². The molecule has 1 aliphatic heterocycles. The molecule has 1 fully saturated rings. The number of ether oxygens (including phenoxy) is 1. The molecule has 1 heterocycles. The lowest BCUT2D eigenvalue weighted by Crippen LogP contribution is -2.48. The minimum absolute atomic E-state index is 0.315. The Balaban J connectivity index is 2.39. The number of nitrogens with one attached hydrogen (secondary N) is 1. The normalized spacial score (nSPS) is 17.5. The first-order valence-electron chi connectivity index (χ1n) is 6.85. The van der Waals surface area contributed by atoms with Crippen molar-refractivity contribution in [2.45, 2.75) is 25.3 Å². The predicted molar refractivity (Wildman–Crippen MR) is 79.1 cm³/mol. The summed E-state index contributed by atoms with van der Waals surface area (Å²) in [7, 11) is 1.71. The molecule has 1 unspecified atom stereocenters. The van der Waals surface area contributed by atoms with Gasteiger partial charge in [-0.3, -0.25) is 0 Å². The molecule has 2 N–H and O–H groups in total. The van der Waals surface area contributed by atoms with Crippen molar-refractivity contribution >= 4 is 23.8 Å². The van der Waals surface area contributed by atoms with Gasteiger partial charge in [-0.2, -0.15) is 11.8 Å². The van der Waals surface area contributed by atoms with E-state index in [-0.39, 0.29) is 6.03 Å². The van der Waals surface area contributed by atoms with Crippen molar-refractivity contribution in [1.82, 2.24) is 10.2 Å². The summed E-state index contributed by atoms with van der Waals surface area (Å²) in [6.07, 6.45) is 4.25. The minimum atomic E-state index is -0.980. The summed E-state index contributed by atoms with van der Waals surface area (Å²) in [5, 5.41) is 11.7. The molecule has 1 saturated heterocycles. The van der Waals surface area contributed by atoms with Gasteiger partial charge in [0.15, 0.2) is 0 Å². The number of thioether (sulfide) groups is 1. The molecule has 20 heavy (non-hydrogen) atoms. The molecule has 7 heteroatoms. The van der Waals surface area contributed by atoms with E-state index < -0.39 is 12.0 Å². The predicted octanol–water partition coefficient (Wildman–Crippen LogP) is 1.26. The van der Waals surface area contributed by atoms with Gasteiger partial charge in [0.1, 0.15) is 6.04 Å². The van der Waals surface area contributed by atoms with Gasteiger partial charge >= 0.3 is 12.0 Å². The third-order valence-electron chi connectivity index (χ3n) is 3.43. The molecular formula is C13H24N2O4S. The fourth-order valence-corrected chi connectivity index (χ4v) is 2.62. The van der Waals surface area contributed by atoms with Crippen LogP contribution in [0.2, 0.25) is 0 Å². The van der Waals surface area contributed by atoms with E-state index in [2.05, 4.69) is 5.32 Å². The minimum Gasteiger partial charge on any atom is -0.480 e. The summed E-state index contributed by atoms with van der Waals surface area (Å²) >= 11 is 1.57. The van der Waals surface area contributed by atoms with Crippen molar-refractivity contribution in [2.75, 3.05) is 38.8 Å². The molecule has 0 radical (unpaired) electrons. The maximum Gasteiger partial charge on any atom is 0.326 e. The van der Waals surface area contributed by atoms with Crippen molar-refractivity contribution in [1.29, 1.82) is 0 Å². The molecule has 0 aromatic rings. The number of hydrogen-bond acceptors (Lipinski definition) is 4. The molecule has 1 rings (SSSR count). The highest BCUT2D eigenvalue weighted by Crippen LogP contribution is 2.15. The highest BCUT2D eigenvalue weighted by molar-refractivity contribution is 7.98. The van der Waals surface area contributed by atoms with E-state index in [1.54, 1.807) is 23.7 Å². The molecule has 0 aromatic carbocycles. The van der Waals surface area contributed by atoms with Crippen LogP contribution >= 0.6 is 11.8 Å². The first-order chi connectivity index (χ1) is 9.54. The standard InChI is InChI=1S/C13H24N2O4S/c1-15(9-10-3-6-19-7-4-10)13(18)14-11(12(16)17)5-8-20-2/h10-11H,3-9H2,1-2H3,(H,14,18)(H,16,17). The number of carbonyl (C=O) groups excluding carboxylic acids is 1. The zero-order valence-electron chi connectivity index (χ0n) is 12.1. The summed E-state index contributed by atoms with van der Waals surface area (Å²) in [5.74, 6) is 0.168. The molecule has 0 spiro atoms. The topological polar surface area (TPSA) is 78.9 Å². The van der Waals surface area contributed by atoms with Gasteiger partial charge in [0.05, 0.1) is 0 Å². The molecule has 6 nitrogen and oxygen atoms in total. The smallest absolute Gasteiger partial charge is 0.326 e. The highest BCUT2D eigenvalue weighted by atomic mass is 32.2. The third-order valence-corrected chi connectivity index (χ3v) is 4.07. The number of aliphatic carboxylic acids is 1. The van der Waals surface area contributed by atoms with Crippen LogP contribution in [-0.2, 0) is 9.53 Å². The Morgan fingerprint density at radius 2 is 2.10 bits per heavy atom. The van der Waals surface area contributed by atoms with Crippen LogP contribution in [0.15, 0.2) is 0 Å². The fraction of sp³-hybridized carbons (Fsp3) is 0.846. The van der Waals surface area contributed by atoms with Crippen molar-refractivity contribution in [3.05, 3.63) is 0 Å². The molecule has 0 bridgehead atoms. The van der Waals surface area contributed by atoms with E-state index in [9.17, 15) is 9.59 Å². The molecule has 2 amide bonds. The van der Waals surface area contributed by atoms with E-state index in [4.69, 9.17) is 9.84 Å². The Morgan fingerprint density at radius 1 is 1.45 bits per heavy atom. The van der Waals surface area contributed by atoms with Gasteiger partial charge in [-0.05, 0) is 37.2 Å². The molecule has 0 aliphatic carbocycles. The van der Waals surface area contributed by atoms with Gasteiger partial charge in [-0.15, -0.1) is 0 Å². The summed E-state index contributed by atoms with van der Waals surface area (Å²) in [5.41, 5.74) is 0. The van der Waals surface area contributed by atoms with Crippen LogP contribution in [0.25, 0.3) is 0 Å². The number of hydrogen-bond donors (Lipinski definition) is 2. The van der Waals surface area contributed by atoms with Crippen LogP contribution in [-0.4, -0.2) is 66.9 Å². The number of carboxylic acids is 1. The van der Waals surface area contributed by atoms with Gasteiger partial charge in [0.25, 0.3) is 0 Å². The number of rotatable bonds is 7. The summed E-state index contributed by atoms with van der Waals surface area (Å²) < 4.78 is 5.28. The zero-order valence-corrected chi connectivity index (χ0v) is 12.9. The lowest BCUT2D eigenvalue weighted by atomic mass is 10.00. The molecule has 0 aromatic heterocycles. The van der Waals surface area contributed by atoms with Gasteiger partial charge < -0.3 is 20.1 Å². The fourth-order valence-electron chi connectivity index (χ4n) is 2.15. The van der Waals surface area contributed by atoms with Crippen LogP contribution in [0.4, 0.5) is 4.79 Å². The second-order valence-corrected chi connectivity index (χ2v) is 6.04. The average molecular weight is 304 g/mol. The molecule has 1 atom stereocenters. The van der Waals surface area contributed by atoms with Crippen LogP contribution in [0.5, 0.6) is 0 Å². The number of amides is 2. The van der Waals surface area contributed by atoms with Crippen LogP contribution in [0.3, 0.4) is 0 Å². The molecule has 1 aliphatic rings. The van der Waals surface area contributed by atoms with Crippen molar-refractivity contribution in [2.24, 2.45) is 5.92 Å². The summed E-state index contributed by atoms with van der Waals surface area (Å²) in [6.45, 7) is 2.13. The third kappa shape index (κ3) is 6.00. The van der Waals surface area contributed by atoms with Gasteiger partial charge in [0.2, 0.25) is 0 Å². The Bertz CT molecular complexity index is 321. The largest absolute Gasteiger partial charge is 0.480 e. The quantitative estimate of drug-likeness (QED) is 0.740. The first kappa shape index (κ1) is 17.1. The Morgan fingerprint density at radius 3 is 2.65 bits per heavy atom. The van der Waals surface area contributed by atoms with E-state index in [1.807, 2.05) is 6.26 Å². The number of carbonyl (C=O) groups is 2. The second-order valence-electron chi connectivity index (χ2n) is 5.06. The first-order valence-corrected chi connectivity index (χ1v) is 8.25. The van der Waals surface area contributed by atoms with E-state index in [0.29, 0.717) is 24.6 Å². The van der Waals surface area contributed by atoms with E-state index >= 15 is 0 Å². The monoisotopic (exact) mass is 304 g/mol. The highest BCUT2D eigenvalue weighted by Gasteiger charge is 2.23. The van der Waals surface area contributed by atoms with Crippen LogP contribution in [0.1, 0.15) is 19.3 Å². The average Bonchev–Trinajstić information content (AvgIpc) is 2.43. The van der Waals surface area contributed by atoms with Gasteiger partial charge in [0, 0.05) is 26.8 Å². The lowest BCUT2D eigenvalue weighted by Gasteiger charge is -2.28. The van der Waals surface area contributed by atoms with Crippen LogP contribution in [0, 0.1) is 5.92 Å². The number of carboxylic acid groups (broad SMARTS) is 1. The Kier molecular flexibility index (Phi) is 7.76. The van der Waals surface area contributed by atoms with Crippen molar-refractivity contribution in [3.63, 3.8) is 0 Å². The molecule has 116 valence electrons. The Labute approximate surface area is 124 Å². The summed E-state index contributed by atoms with van der Waals surface area (Å²) in [4.78, 5) is 24.7. The zero-order chi connectivity index (χ0) is 15.0. The van der Waals surface area contributed by atoms with Gasteiger partial charge in [-0.1, -0.05) is 0 Å².